The molecule has 30 heavy (non-hydrogen) atoms. The highest BCUT2D eigenvalue weighted by Crippen LogP contribution is 2.48. The zero-order valence-corrected chi connectivity index (χ0v) is 17.8. The minimum Gasteiger partial charge on any atom is -0.312 e. The van der Waals surface area contributed by atoms with Crippen LogP contribution in [0.15, 0.2) is 72.8 Å². The highest BCUT2D eigenvalue weighted by molar-refractivity contribution is 6.09. The lowest BCUT2D eigenvalue weighted by atomic mass is 9.89. The van der Waals surface area contributed by atoms with Gasteiger partial charge in [-0.1, -0.05) is 66.4 Å². The third-order valence-electron chi connectivity index (χ3n) is 6.51. The molecule has 1 aliphatic heterocycles. The average Bonchev–Trinajstić information content (AvgIpc) is 2.89. The standard InChI is InChI=1S/C28H25NO/c1-27(2)25-16-14-19(17-26(25)28(3,4)29(27)30)13-15-21-18-20-9-5-6-10-22(20)24-12-8-7-11-23(21)24/h5-12,14,16-18,30H,1-4H3. The van der Waals surface area contributed by atoms with Gasteiger partial charge < -0.3 is 5.21 Å². The molecule has 0 saturated carbocycles. The van der Waals surface area contributed by atoms with Crippen LogP contribution in [-0.2, 0) is 11.1 Å². The summed E-state index contributed by atoms with van der Waals surface area (Å²) in [6.45, 7) is 8.20. The number of nitrogens with zero attached hydrogens (tertiary/aromatic N) is 1. The van der Waals surface area contributed by atoms with Gasteiger partial charge in [0.15, 0.2) is 0 Å². The first kappa shape index (κ1) is 18.9. The number of hydrogen-bond acceptors (Lipinski definition) is 2. The minimum absolute atomic E-state index is 0.417. The van der Waals surface area contributed by atoms with Gasteiger partial charge in [-0.2, -0.15) is 5.06 Å². The van der Waals surface area contributed by atoms with E-state index in [2.05, 4.69) is 98.5 Å². The Morgan fingerprint density at radius 3 is 2.07 bits per heavy atom. The maximum absolute atomic E-state index is 10.7. The van der Waals surface area contributed by atoms with Crippen molar-refractivity contribution in [2.45, 2.75) is 38.8 Å². The largest absolute Gasteiger partial charge is 0.312 e. The Balaban J connectivity index is 1.65. The van der Waals surface area contributed by atoms with Crippen molar-refractivity contribution in [3.63, 3.8) is 0 Å². The second kappa shape index (κ2) is 6.44. The molecule has 0 atom stereocenters. The molecule has 1 N–H and O–H groups in total. The molecular weight excluding hydrogens is 366 g/mol. The Labute approximate surface area is 177 Å². The first-order chi connectivity index (χ1) is 14.3. The van der Waals surface area contributed by atoms with Gasteiger partial charge in [0.05, 0.1) is 11.1 Å². The Kier molecular flexibility index (Phi) is 4.05. The second-order valence-electron chi connectivity index (χ2n) is 9.13. The number of fused-ring (bicyclic) bond motifs is 4. The van der Waals surface area contributed by atoms with E-state index in [1.165, 1.54) is 26.6 Å². The molecular formula is C28H25NO. The van der Waals surface area contributed by atoms with Crippen LogP contribution in [0, 0.1) is 11.8 Å². The van der Waals surface area contributed by atoms with Gasteiger partial charge in [0.25, 0.3) is 0 Å². The van der Waals surface area contributed by atoms with Crippen molar-refractivity contribution in [1.82, 2.24) is 5.06 Å². The molecule has 0 aromatic heterocycles. The summed E-state index contributed by atoms with van der Waals surface area (Å²) >= 11 is 0. The van der Waals surface area contributed by atoms with Gasteiger partial charge in [0.2, 0.25) is 0 Å². The zero-order chi connectivity index (χ0) is 21.1. The van der Waals surface area contributed by atoms with Crippen LogP contribution >= 0.6 is 0 Å². The number of hydroxylamine groups is 2. The SMILES string of the molecule is CC1(C)c2ccc(C#Cc3cc4ccccc4c4ccccc34)cc2C(C)(C)N1O. The normalized spacial score (nSPS) is 17.0. The maximum Gasteiger partial charge on any atom is 0.0666 e. The zero-order valence-electron chi connectivity index (χ0n) is 17.8. The molecule has 0 bridgehead atoms. The summed E-state index contributed by atoms with van der Waals surface area (Å²) in [5, 5.41) is 17.0. The molecule has 0 unspecified atom stereocenters. The fraction of sp³-hybridized carbons (Fsp3) is 0.214. The molecule has 5 rings (SSSR count). The first-order valence-electron chi connectivity index (χ1n) is 10.4. The Morgan fingerprint density at radius 1 is 0.667 bits per heavy atom. The summed E-state index contributed by atoms with van der Waals surface area (Å²) in [5.41, 5.74) is 3.41. The van der Waals surface area contributed by atoms with Crippen molar-refractivity contribution in [1.29, 1.82) is 0 Å². The molecule has 4 aromatic carbocycles. The van der Waals surface area contributed by atoms with Gasteiger partial charge in [-0.25, -0.2) is 0 Å². The molecule has 0 spiro atoms. The molecule has 1 aliphatic rings. The van der Waals surface area contributed by atoms with E-state index >= 15 is 0 Å². The molecule has 4 aromatic rings. The van der Waals surface area contributed by atoms with Crippen LogP contribution in [0.4, 0.5) is 0 Å². The molecule has 148 valence electrons. The summed E-state index contributed by atoms with van der Waals surface area (Å²) in [5.74, 6) is 6.80. The Bertz CT molecular complexity index is 1370. The fourth-order valence-electron chi connectivity index (χ4n) is 4.89. The number of rotatable bonds is 0. The van der Waals surface area contributed by atoms with Crippen molar-refractivity contribution >= 4 is 21.5 Å². The predicted molar refractivity (Wildman–Crippen MR) is 124 cm³/mol. The van der Waals surface area contributed by atoms with E-state index in [9.17, 15) is 5.21 Å². The van der Waals surface area contributed by atoms with Gasteiger partial charge in [-0.05, 0) is 78.6 Å². The average molecular weight is 392 g/mol. The quantitative estimate of drug-likeness (QED) is 0.271. The van der Waals surface area contributed by atoms with Crippen molar-refractivity contribution in [3.05, 3.63) is 95.1 Å². The van der Waals surface area contributed by atoms with Crippen LogP contribution in [0.1, 0.15) is 49.9 Å². The van der Waals surface area contributed by atoms with E-state index in [1.807, 2.05) is 13.8 Å². The van der Waals surface area contributed by atoms with Crippen LogP contribution in [0.25, 0.3) is 21.5 Å². The van der Waals surface area contributed by atoms with E-state index in [0.29, 0.717) is 0 Å². The van der Waals surface area contributed by atoms with Crippen molar-refractivity contribution in [2.24, 2.45) is 0 Å². The first-order valence-corrected chi connectivity index (χ1v) is 10.4. The highest BCUT2D eigenvalue weighted by atomic mass is 16.5. The van der Waals surface area contributed by atoms with Crippen LogP contribution in [0.3, 0.4) is 0 Å². The van der Waals surface area contributed by atoms with Gasteiger partial charge in [-0.3, -0.25) is 0 Å². The van der Waals surface area contributed by atoms with E-state index in [4.69, 9.17) is 0 Å². The molecule has 0 saturated heterocycles. The molecule has 0 amide bonds. The molecule has 1 heterocycles. The highest BCUT2D eigenvalue weighted by Gasteiger charge is 2.48. The van der Waals surface area contributed by atoms with Crippen LogP contribution in [0.5, 0.6) is 0 Å². The number of benzene rings is 4. The smallest absolute Gasteiger partial charge is 0.0666 e. The van der Waals surface area contributed by atoms with Crippen molar-refractivity contribution in [3.8, 4) is 11.8 Å². The van der Waals surface area contributed by atoms with Crippen LogP contribution < -0.4 is 0 Å². The molecule has 0 aliphatic carbocycles. The lowest BCUT2D eigenvalue weighted by Crippen LogP contribution is -2.42. The molecule has 0 radical (unpaired) electrons. The summed E-state index contributed by atoms with van der Waals surface area (Å²) < 4.78 is 0. The maximum atomic E-state index is 10.7. The molecule has 2 nitrogen and oxygen atoms in total. The topological polar surface area (TPSA) is 23.5 Å². The summed E-state index contributed by atoms with van der Waals surface area (Å²) in [4.78, 5) is 0. The lowest BCUT2D eigenvalue weighted by molar-refractivity contribution is -0.216. The fourth-order valence-corrected chi connectivity index (χ4v) is 4.89. The number of hydrogen-bond donors (Lipinski definition) is 1. The third kappa shape index (κ3) is 2.67. The predicted octanol–water partition coefficient (Wildman–Crippen LogP) is 6.57. The summed E-state index contributed by atoms with van der Waals surface area (Å²) in [6.07, 6.45) is 0. The summed E-state index contributed by atoms with van der Waals surface area (Å²) in [6, 6.07) is 25.4. The van der Waals surface area contributed by atoms with E-state index in [0.717, 1.165) is 22.3 Å². The van der Waals surface area contributed by atoms with E-state index in [-0.39, 0.29) is 0 Å². The van der Waals surface area contributed by atoms with E-state index < -0.39 is 11.1 Å². The summed E-state index contributed by atoms with van der Waals surface area (Å²) in [7, 11) is 0. The molecule has 2 heteroatoms. The van der Waals surface area contributed by atoms with Gasteiger partial charge >= 0.3 is 0 Å². The second-order valence-corrected chi connectivity index (χ2v) is 9.13. The van der Waals surface area contributed by atoms with Crippen molar-refractivity contribution < 1.29 is 5.21 Å². The van der Waals surface area contributed by atoms with Crippen LogP contribution in [-0.4, -0.2) is 10.3 Å². The third-order valence-corrected chi connectivity index (χ3v) is 6.51. The Morgan fingerprint density at radius 2 is 1.30 bits per heavy atom. The van der Waals surface area contributed by atoms with E-state index in [1.54, 1.807) is 0 Å². The lowest BCUT2D eigenvalue weighted by Gasteiger charge is -2.34. The monoisotopic (exact) mass is 391 g/mol. The van der Waals surface area contributed by atoms with Gasteiger partial charge in [0.1, 0.15) is 0 Å². The van der Waals surface area contributed by atoms with Gasteiger partial charge in [0, 0.05) is 11.1 Å². The molecule has 0 fully saturated rings. The minimum atomic E-state index is -0.452. The van der Waals surface area contributed by atoms with Crippen molar-refractivity contribution in [2.75, 3.05) is 0 Å². The van der Waals surface area contributed by atoms with Gasteiger partial charge in [-0.15, -0.1) is 0 Å². The van der Waals surface area contributed by atoms with Crippen LogP contribution in [0.2, 0.25) is 0 Å². The Hall–Kier alpha value is -3.12.